The summed E-state index contributed by atoms with van der Waals surface area (Å²) in [6.07, 6.45) is 0.460. The Bertz CT molecular complexity index is 340. The van der Waals surface area contributed by atoms with Crippen molar-refractivity contribution in [1.29, 1.82) is 0 Å². The second-order valence-electron chi connectivity index (χ2n) is 2.72. The second kappa shape index (κ2) is 3.47. The molecule has 4 heteroatoms. The molecule has 1 aliphatic rings. The summed E-state index contributed by atoms with van der Waals surface area (Å²) in [5, 5.41) is 1.34. The van der Waals surface area contributed by atoms with Gasteiger partial charge in [0.05, 0.1) is 18.7 Å². The fourth-order valence-corrected chi connectivity index (χ4v) is 1.66. The van der Waals surface area contributed by atoms with Crippen molar-refractivity contribution in [3.8, 4) is 0 Å². The SMILES string of the molecule is O=C1CCON1c1ccccc1Br. The summed E-state index contributed by atoms with van der Waals surface area (Å²) in [4.78, 5) is 16.5. The lowest BCUT2D eigenvalue weighted by Crippen LogP contribution is -2.22. The molecule has 1 amide bonds. The Morgan fingerprint density at radius 3 is 2.77 bits per heavy atom. The zero-order valence-corrected chi connectivity index (χ0v) is 8.45. The number of halogens is 1. The maximum atomic E-state index is 11.3. The van der Waals surface area contributed by atoms with Gasteiger partial charge in [-0.3, -0.25) is 9.63 Å². The highest BCUT2D eigenvalue weighted by Crippen LogP contribution is 2.28. The molecule has 1 aromatic carbocycles. The number of nitrogens with zero attached hydrogens (tertiary/aromatic N) is 1. The van der Waals surface area contributed by atoms with E-state index in [0.29, 0.717) is 13.0 Å². The van der Waals surface area contributed by atoms with Gasteiger partial charge in [0, 0.05) is 4.47 Å². The fourth-order valence-electron chi connectivity index (χ4n) is 1.22. The van der Waals surface area contributed by atoms with Crippen LogP contribution in [0.25, 0.3) is 0 Å². The summed E-state index contributed by atoms with van der Waals surface area (Å²) >= 11 is 3.36. The van der Waals surface area contributed by atoms with E-state index in [4.69, 9.17) is 4.84 Å². The molecular formula is C9H8BrNO2. The van der Waals surface area contributed by atoms with Crippen molar-refractivity contribution in [1.82, 2.24) is 0 Å². The Kier molecular flexibility index (Phi) is 2.33. The van der Waals surface area contributed by atoms with Crippen molar-refractivity contribution in [2.24, 2.45) is 0 Å². The summed E-state index contributed by atoms with van der Waals surface area (Å²) in [5.74, 6) is 0.00639. The van der Waals surface area contributed by atoms with Crippen LogP contribution in [0.1, 0.15) is 6.42 Å². The number of anilines is 1. The lowest BCUT2D eigenvalue weighted by atomic mass is 10.3. The van der Waals surface area contributed by atoms with Crippen LogP contribution in [0.4, 0.5) is 5.69 Å². The van der Waals surface area contributed by atoms with Crippen molar-refractivity contribution >= 4 is 27.5 Å². The van der Waals surface area contributed by atoms with Crippen molar-refractivity contribution in [2.45, 2.75) is 6.42 Å². The van der Waals surface area contributed by atoms with Gasteiger partial charge < -0.3 is 0 Å². The van der Waals surface area contributed by atoms with Crippen molar-refractivity contribution in [2.75, 3.05) is 11.7 Å². The molecule has 0 radical (unpaired) electrons. The van der Waals surface area contributed by atoms with Crippen LogP contribution in [0.15, 0.2) is 28.7 Å². The van der Waals surface area contributed by atoms with E-state index in [-0.39, 0.29) is 5.91 Å². The number of rotatable bonds is 1. The third-order valence-electron chi connectivity index (χ3n) is 1.83. The van der Waals surface area contributed by atoms with Crippen LogP contribution in [0.2, 0.25) is 0 Å². The van der Waals surface area contributed by atoms with E-state index in [1.165, 1.54) is 5.06 Å². The number of para-hydroxylation sites is 1. The molecule has 1 fully saturated rings. The maximum Gasteiger partial charge on any atom is 0.253 e. The highest BCUT2D eigenvalue weighted by Gasteiger charge is 2.24. The van der Waals surface area contributed by atoms with Crippen LogP contribution in [0.5, 0.6) is 0 Å². The Balaban J connectivity index is 2.34. The number of hydrogen-bond donors (Lipinski definition) is 0. The molecule has 2 rings (SSSR count). The van der Waals surface area contributed by atoms with Crippen LogP contribution in [0.3, 0.4) is 0 Å². The molecule has 0 aliphatic carbocycles. The minimum Gasteiger partial charge on any atom is -0.272 e. The molecule has 1 saturated heterocycles. The highest BCUT2D eigenvalue weighted by molar-refractivity contribution is 9.10. The van der Waals surface area contributed by atoms with Gasteiger partial charge in [0.1, 0.15) is 0 Å². The smallest absolute Gasteiger partial charge is 0.253 e. The molecule has 0 unspecified atom stereocenters. The van der Waals surface area contributed by atoms with Crippen LogP contribution in [-0.4, -0.2) is 12.5 Å². The zero-order chi connectivity index (χ0) is 9.26. The van der Waals surface area contributed by atoms with Gasteiger partial charge in [0.2, 0.25) is 0 Å². The molecule has 0 atom stereocenters. The molecule has 0 N–H and O–H groups in total. The first-order valence-electron chi connectivity index (χ1n) is 3.99. The summed E-state index contributed by atoms with van der Waals surface area (Å²) in [7, 11) is 0. The molecular weight excluding hydrogens is 234 g/mol. The Labute approximate surface area is 84.4 Å². The van der Waals surface area contributed by atoms with Gasteiger partial charge in [-0.15, -0.1) is 0 Å². The third-order valence-corrected chi connectivity index (χ3v) is 2.50. The van der Waals surface area contributed by atoms with E-state index in [1.54, 1.807) is 0 Å². The largest absolute Gasteiger partial charge is 0.272 e. The summed E-state index contributed by atoms with van der Waals surface area (Å²) < 4.78 is 0.866. The average molecular weight is 242 g/mol. The molecule has 0 aromatic heterocycles. The third kappa shape index (κ3) is 1.59. The van der Waals surface area contributed by atoms with E-state index < -0.39 is 0 Å². The van der Waals surface area contributed by atoms with E-state index in [9.17, 15) is 4.79 Å². The molecule has 3 nitrogen and oxygen atoms in total. The summed E-state index contributed by atoms with van der Waals surface area (Å²) in [6.45, 7) is 0.472. The number of carbonyl (C=O) groups excluding carboxylic acids is 1. The predicted octanol–water partition coefficient (Wildman–Crippen LogP) is 2.12. The second-order valence-corrected chi connectivity index (χ2v) is 3.58. The molecule has 68 valence electrons. The van der Waals surface area contributed by atoms with E-state index >= 15 is 0 Å². The normalized spacial score (nSPS) is 16.7. The van der Waals surface area contributed by atoms with Crippen molar-refractivity contribution < 1.29 is 9.63 Å². The quantitative estimate of drug-likeness (QED) is 0.754. The first kappa shape index (κ1) is 8.72. The molecule has 0 spiro atoms. The first-order valence-corrected chi connectivity index (χ1v) is 4.79. The average Bonchev–Trinajstić information content (AvgIpc) is 2.52. The minimum atomic E-state index is 0.00639. The number of amides is 1. The standard InChI is InChI=1S/C9H8BrNO2/c10-7-3-1-2-4-8(7)11-9(12)5-6-13-11/h1-4H,5-6H2. The van der Waals surface area contributed by atoms with Gasteiger partial charge in [0.25, 0.3) is 5.91 Å². The van der Waals surface area contributed by atoms with E-state index in [2.05, 4.69) is 15.9 Å². The van der Waals surface area contributed by atoms with E-state index in [0.717, 1.165) is 10.2 Å². The van der Waals surface area contributed by atoms with Crippen molar-refractivity contribution in [3.05, 3.63) is 28.7 Å². The highest BCUT2D eigenvalue weighted by atomic mass is 79.9. The van der Waals surface area contributed by atoms with E-state index in [1.807, 2.05) is 24.3 Å². The van der Waals surface area contributed by atoms with Crippen LogP contribution in [0, 0.1) is 0 Å². The summed E-state index contributed by atoms with van der Waals surface area (Å²) in [6, 6.07) is 7.49. The predicted molar refractivity (Wildman–Crippen MR) is 52.2 cm³/mol. The molecule has 1 aromatic rings. The van der Waals surface area contributed by atoms with Gasteiger partial charge in [-0.2, -0.15) is 5.06 Å². The number of carbonyl (C=O) groups is 1. The van der Waals surface area contributed by atoms with Gasteiger partial charge in [-0.25, -0.2) is 0 Å². The Hall–Kier alpha value is -0.870. The monoisotopic (exact) mass is 241 g/mol. The Morgan fingerprint density at radius 2 is 2.15 bits per heavy atom. The minimum absolute atomic E-state index is 0.00639. The topological polar surface area (TPSA) is 29.5 Å². The zero-order valence-electron chi connectivity index (χ0n) is 6.87. The molecule has 1 aliphatic heterocycles. The van der Waals surface area contributed by atoms with Crippen LogP contribution >= 0.6 is 15.9 Å². The molecule has 13 heavy (non-hydrogen) atoms. The summed E-state index contributed by atoms with van der Waals surface area (Å²) in [5.41, 5.74) is 0.769. The van der Waals surface area contributed by atoms with Gasteiger partial charge in [0.15, 0.2) is 0 Å². The first-order chi connectivity index (χ1) is 6.29. The van der Waals surface area contributed by atoms with Crippen LogP contribution < -0.4 is 5.06 Å². The molecule has 0 saturated carbocycles. The van der Waals surface area contributed by atoms with Gasteiger partial charge in [-0.05, 0) is 28.1 Å². The number of hydrogen-bond acceptors (Lipinski definition) is 2. The fraction of sp³-hybridized carbons (Fsp3) is 0.222. The lowest BCUT2D eigenvalue weighted by Gasteiger charge is -2.14. The molecule has 0 bridgehead atoms. The lowest BCUT2D eigenvalue weighted by molar-refractivity contribution is -0.119. The van der Waals surface area contributed by atoms with Crippen molar-refractivity contribution in [3.63, 3.8) is 0 Å². The van der Waals surface area contributed by atoms with Gasteiger partial charge in [-0.1, -0.05) is 12.1 Å². The maximum absolute atomic E-state index is 11.3. The van der Waals surface area contributed by atoms with Gasteiger partial charge >= 0.3 is 0 Å². The molecule has 1 heterocycles. The number of benzene rings is 1. The Morgan fingerprint density at radius 1 is 1.38 bits per heavy atom. The van der Waals surface area contributed by atoms with Crippen LogP contribution in [-0.2, 0) is 9.63 Å². The number of hydroxylamine groups is 1.